The highest BCUT2D eigenvalue weighted by molar-refractivity contribution is 7.99. The molecule has 0 aliphatic carbocycles. The Hall–Kier alpha value is -3.49. The summed E-state index contributed by atoms with van der Waals surface area (Å²) < 4.78 is 27.6. The molecule has 160 valence electrons. The summed E-state index contributed by atoms with van der Waals surface area (Å²) in [7, 11) is 0. The lowest BCUT2D eigenvalue weighted by atomic mass is 10.2. The van der Waals surface area contributed by atoms with Crippen LogP contribution in [0.1, 0.15) is 10.4 Å². The topological polar surface area (TPSA) is 64.0 Å². The molecule has 4 rings (SSSR count). The summed E-state index contributed by atoms with van der Waals surface area (Å²) in [5, 5.41) is 8.10. The fourth-order valence-corrected chi connectivity index (χ4v) is 3.69. The molecule has 5 nitrogen and oxygen atoms in total. The van der Waals surface area contributed by atoms with E-state index in [1.165, 1.54) is 40.7 Å². The van der Waals surface area contributed by atoms with Gasteiger partial charge in [0.05, 0.1) is 5.69 Å². The minimum Gasteiger partial charge on any atom is -0.322 e. The summed E-state index contributed by atoms with van der Waals surface area (Å²) in [6, 6.07) is 19.5. The van der Waals surface area contributed by atoms with Crippen LogP contribution in [0.25, 0.3) is 5.69 Å². The van der Waals surface area contributed by atoms with Gasteiger partial charge in [-0.3, -0.25) is 9.59 Å². The Kier molecular flexibility index (Phi) is 6.34. The third kappa shape index (κ3) is 5.04. The second kappa shape index (κ2) is 9.33. The van der Waals surface area contributed by atoms with Crippen LogP contribution in [0, 0.1) is 11.6 Å². The fraction of sp³-hybridized carbons (Fsp3) is 0. The number of carbonyl (C=O) groups excluding carboxylic acids is 1. The lowest BCUT2D eigenvalue weighted by molar-refractivity contribution is 0.102. The van der Waals surface area contributed by atoms with E-state index in [1.807, 2.05) is 12.1 Å². The summed E-state index contributed by atoms with van der Waals surface area (Å²) in [5.41, 5.74) is 0.545. The van der Waals surface area contributed by atoms with Crippen LogP contribution in [0.15, 0.2) is 93.6 Å². The largest absolute Gasteiger partial charge is 0.322 e. The summed E-state index contributed by atoms with van der Waals surface area (Å²) in [6.07, 6.45) is 0. The van der Waals surface area contributed by atoms with E-state index in [0.29, 0.717) is 15.7 Å². The standard InChI is InChI=1S/C23H14ClF2N3O2S/c24-15-3-8-18(9-4-15)32-21-11-12-22(30)29(28-21)17-6-1-14(2-7-17)23(31)27-16-5-10-19(25)20(26)13-16/h1-13H,(H,27,31). The van der Waals surface area contributed by atoms with Crippen molar-refractivity contribution in [2.24, 2.45) is 0 Å². The van der Waals surface area contributed by atoms with Gasteiger partial charge >= 0.3 is 0 Å². The molecule has 0 radical (unpaired) electrons. The van der Waals surface area contributed by atoms with Gasteiger partial charge in [-0.25, -0.2) is 8.78 Å². The van der Waals surface area contributed by atoms with Crippen LogP contribution in [0.4, 0.5) is 14.5 Å². The zero-order valence-electron chi connectivity index (χ0n) is 16.3. The number of rotatable bonds is 5. The molecule has 0 saturated heterocycles. The van der Waals surface area contributed by atoms with Crippen molar-refractivity contribution in [3.05, 3.63) is 111 Å². The molecular formula is C23H14ClF2N3O2S. The third-order valence-electron chi connectivity index (χ3n) is 4.36. The van der Waals surface area contributed by atoms with Gasteiger partial charge < -0.3 is 5.32 Å². The van der Waals surface area contributed by atoms with Crippen molar-refractivity contribution < 1.29 is 13.6 Å². The zero-order valence-corrected chi connectivity index (χ0v) is 17.8. The van der Waals surface area contributed by atoms with Gasteiger partial charge in [0.1, 0.15) is 5.03 Å². The molecular weight excluding hydrogens is 456 g/mol. The second-order valence-electron chi connectivity index (χ2n) is 6.61. The summed E-state index contributed by atoms with van der Waals surface area (Å²) >= 11 is 7.28. The third-order valence-corrected chi connectivity index (χ3v) is 5.55. The lowest BCUT2D eigenvalue weighted by Gasteiger charge is -2.09. The maximum Gasteiger partial charge on any atom is 0.271 e. The molecule has 3 aromatic carbocycles. The predicted molar refractivity (Wildman–Crippen MR) is 120 cm³/mol. The molecule has 0 unspecified atom stereocenters. The van der Waals surface area contributed by atoms with E-state index >= 15 is 0 Å². The quantitative estimate of drug-likeness (QED) is 0.415. The molecule has 0 atom stereocenters. The molecule has 0 aliphatic rings. The Morgan fingerprint density at radius 1 is 0.906 bits per heavy atom. The Labute approximate surface area is 190 Å². The fourth-order valence-electron chi connectivity index (χ4n) is 2.79. The molecule has 0 saturated carbocycles. The molecule has 1 amide bonds. The van der Waals surface area contributed by atoms with Crippen LogP contribution in [0.5, 0.6) is 0 Å². The van der Waals surface area contributed by atoms with Crippen molar-refractivity contribution in [3.63, 3.8) is 0 Å². The van der Waals surface area contributed by atoms with Crippen molar-refractivity contribution in [3.8, 4) is 5.69 Å². The molecule has 0 fully saturated rings. The Morgan fingerprint density at radius 3 is 2.31 bits per heavy atom. The molecule has 1 aromatic heterocycles. The maximum absolute atomic E-state index is 13.3. The highest BCUT2D eigenvalue weighted by Crippen LogP contribution is 2.26. The van der Waals surface area contributed by atoms with E-state index in [9.17, 15) is 18.4 Å². The predicted octanol–water partition coefficient (Wildman–Crippen LogP) is 5.57. The molecule has 0 bridgehead atoms. The first-order valence-electron chi connectivity index (χ1n) is 9.30. The van der Waals surface area contributed by atoms with Crippen molar-refractivity contribution in [1.29, 1.82) is 0 Å². The highest BCUT2D eigenvalue weighted by Gasteiger charge is 2.10. The van der Waals surface area contributed by atoms with Crippen molar-refractivity contribution in [2.45, 2.75) is 9.92 Å². The highest BCUT2D eigenvalue weighted by atomic mass is 35.5. The number of hydrogen-bond acceptors (Lipinski definition) is 4. The first-order valence-corrected chi connectivity index (χ1v) is 10.5. The van der Waals surface area contributed by atoms with E-state index in [2.05, 4.69) is 10.4 Å². The number of nitrogens with one attached hydrogen (secondary N) is 1. The monoisotopic (exact) mass is 469 g/mol. The van der Waals surface area contributed by atoms with Gasteiger partial charge in [-0.1, -0.05) is 23.4 Å². The van der Waals surface area contributed by atoms with E-state index in [0.717, 1.165) is 17.0 Å². The first-order chi connectivity index (χ1) is 15.4. The van der Waals surface area contributed by atoms with Gasteiger partial charge in [-0.05, 0) is 66.7 Å². The Bertz CT molecular complexity index is 1340. The number of carbonyl (C=O) groups is 1. The van der Waals surface area contributed by atoms with Crippen molar-refractivity contribution in [1.82, 2.24) is 9.78 Å². The van der Waals surface area contributed by atoms with Crippen LogP contribution >= 0.6 is 23.4 Å². The number of aromatic nitrogens is 2. The van der Waals surface area contributed by atoms with E-state index in [4.69, 9.17) is 11.6 Å². The summed E-state index contributed by atoms with van der Waals surface area (Å²) in [6.45, 7) is 0. The van der Waals surface area contributed by atoms with Gasteiger partial charge in [0.2, 0.25) is 0 Å². The van der Waals surface area contributed by atoms with Crippen LogP contribution in [-0.2, 0) is 0 Å². The van der Waals surface area contributed by atoms with Crippen molar-refractivity contribution in [2.75, 3.05) is 5.32 Å². The Morgan fingerprint density at radius 2 is 1.62 bits per heavy atom. The number of nitrogens with zero attached hydrogens (tertiary/aromatic N) is 2. The van der Waals surface area contributed by atoms with E-state index in [1.54, 1.807) is 30.3 Å². The zero-order chi connectivity index (χ0) is 22.7. The summed E-state index contributed by atoms with van der Waals surface area (Å²) in [5.74, 6) is -2.56. The normalized spacial score (nSPS) is 10.7. The average Bonchev–Trinajstić information content (AvgIpc) is 2.79. The molecule has 32 heavy (non-hydrogen) atoms. The van der Waals surface area contributed by atoms with Gasteiger partial charge in [0.15, 0.2) is 11.6 Å². The molecule has 1 heterocycles. The molecule has 4 aromatic rings. The van der Waals surface area contributed by atoms with E-state index < -0.39 is 17.5 Å². The molecule has 9 heteroatoms. The van der Waals surface area contributed by atoms with Crippen LogP contribution in [0.2, 0.25) is 5.02 Å². The van der Waals surface area contributed by atoms with Crippen LogP contribution in [-0.4, -0.2) is 15.7 Å². The number of anilines is 1. The second-order valence-corrected chi connectivity index (χ2v) is 8.14. The lowest BCUT2D eigenvalue weighted by Crippen LogP contribution is -2.20. The number of hydrogen-bond donors (Lipinski definition) is 1. The van der Waals surface area contributed by atoms with Gasteiger partial charge in [0.25, 0.3) is 11.5 Å². The Balaban J connectivity index is 1.53. The smallest absolute Gasteiger partial charge is 0.271 e. The minimum absolute atomic E-state index is 0.128. The number of amides is 1. The van der Waals surface area contributed by atoms with Gasteiger partial charge in [-0.2, -0.15) is 9.78 Å². The van der Waals surface area contributed by atoms with Crippen LogP contribution < -0.4 is 10.9 Å². The number of halogens is 3. The molecule has 0 spiro atoms. The van der Waals surface area contributed by atoms with E-state index in [-0.39, 0.29) is 16.8 Å². The maximum atomic E-state index is 13.3. The van der Waals surface area contributed by atoms with Gasteiger partial charge in [-0.15, -0.1) is 0 Å². The first kappa shape index (κ1) is 21.7. The minimum atomic E-state index is -1.06. The van der Waals surface area contributed by atoms with Gasteiger partial charge in [0, 0.05) is 33.3 Å². The SMILES string of the molecule is O=C(Nc1ccc(F)c(F)c1)c1ccc(-n2nc(Sc3ccc(Cl)cc3)ccc2=O)cc1. The summed E-state index contributed by atoms with van der Waals surface area (Å²) in [4.78, 5) is 25.6. The van der Waals surface area contributed by atoms with Crippen molar-refractivity contribution >= 4 is 35.0 Å². The van der Waals surface area contributed by atoms with Crippen LogP contribution in [0.3, 0.4) is 0 Å². The molecule has 0 aliphatic heterocycles. The number of benzene rings is 3. The molecule has 1 N–H and O–H groups in total. The average molecular weight is 470 g/mol.